The maximum atomic E-state index is 11.6. The average Bonchev–Trinajstić information content (AvgIpc) is 2.29. The van der Waals surface area contributed by atoms with Gasteiger partial charge in [-0.25, -0.2) is 0 Å². The minimum Gasteiger partial charge on any atom is -0.507 e. The molecule has 0 aliphatic rings. The number of carboxylic acid groups (broad SMARTS) is 1. The van der Waals surface area contributed by atoms with Crippen molar-refractivity contribution < 1.29 is 19.8 Å². The zero-order valence-corrected chi connectivity index (χ0v) is 9.01. The van der Waals surface area contributed by atoms with Gasteiger partial charge in [-0.3, -0.25) is 9.59 Å². The molecular formula is C12H11NO4. The van der Waals surface area contributed by atoms with E-state index in [4.69, 9.17) is 10.4 Å². The fourth-order valence-corrected chi connectivity index (χ4v) is 1.36. The second-order valence-corrected chi connectivity index (χ2v) is 3.50. The number of Topliss-reactive ketones (excluding diaryl/α,β-unsaturated/α-hetero) is 1. The van der Waals surface area contributed by atoms with Crippen LogP contribution in [0.1, 0.15) is 28.8 Å². The summed E-state index contributed by atoms with van der Waals surface area (Å²) in [5.41, 5.74) is 0.683. The Morgan fingerprint density at radius 2 is 2.00 bits per heavy atom. The van der Waals surface area contributed by atoms with Gasteiger partial charge in [-0.1, -0.05) is 6.07 Å². The summed E-state index contributed by atoms with van der Waals surface area (Å²) >= 11 is 0. The van der Waals surface area contributed by atoms with Crippen molar-refractivity contribution in [1.29, 1.82) is 5.26 Å². The van der Waals surface area contributed by atoms with E-state index in [0.717, 1.165) is 0 Å². The predicted octanol–water partition coefficient (Wildman–Crippen LogP) is 1.51. The summed E-state index contributed by atoms with van der Waals surface area (Å²) in [5, 5.41) is 26.5. The first-order valence-electron chi connectivity index (χ1n) is 4.98. The Hall–Kier alpha value is -2.35. The summed E-state index contributed by atoms with van der Waals surface area (Å²) < 4.78 is 0. The molecule has 0 aliphatic heterocycles. The summed E-state index contributed by atoms with van der Waals surface area (Å²) in [7, 11) is 0. The molecule has 0 radical (unpaired) electrons. The standard InChI is InChI=1S/C12H11NO4/c13-6-5-8-1-2-10(14)9(7-8)11(15)3-4-12(16)17/h1-2,7,14H,3-5H2,(H,16,17). The molecule has 0 saturated carbocycles. The Morgan fingerprint density at radius 3 is 2.59 bits per heavy atom. The van der Waals surface area contributed by atoms with E-state index in [0.29, 0.717) is 5.56 Å². The largest absolute Gasteiger partial charge is 0.507 e. The lowest BCUT2D eigenvalue weighted by Gasteiger charge is -2.04. The normalized spacial score (nSPS) is 9.59. The lowest BCUT2D eigenvalue weighted by molar-refractivity contribution is -0.136. The van der Waals surface area contributed by atoms with Crippen molar-refractivity contribution in [2.45, 2.75) is 19.3 Å². The van der Waals surface area contributed by atoms with Crippen molar-refractivity contribution >= 4 is 11.8 Å². The topological polar surface area (TPSA) is 98.4 Å². The van der Waals surface area contributed by atoms with E-state index in [1.807, 2.05) is 6.07 Å². The number of carbonyl (C=O) groups is 2. The maximum absolute atomic E-state index is 11.6. The van der Waals surface area contributed by atoms with Gasteiger partial charge in [0.2, 0.25) is 0 Å². The number of hydrogen-bond acceptors (Lipinski definition) is 4. The van der Waals surface area contributed by atoms with Gasteiger partial charge in [-0.05, 0) is 17.7 Å². The van der Waals surface area contributed by atoms with Gasteiger partial charge in [-0.2, -0.15) is 5.26 Å². The molecule has 0 aliphatic carbocycles. The molecule has 0 unspecified atom stereocenters. The van der Waals surface area contributed by atoms with Crippen LogP contribution < -0.4 is 0 Å². The van der Waals surface area contributed by atoms with Crippen LogP contribution in [0.5, 0.6) is 5.75 Å². The first-order valence-corrected chi connectivity index (χ1v) is 4.98. The molecule has 0 amide bonds. The van der Waals surface area contributed by atoms with Crippen molar-refractivity contribution in [2.24, 2.45) is 0 Å². The Bertz CT molecular complexity index is 488. The first-order chi connectivity index (χ1) is 8.04. The number of aromatic hydroxyl groups is 1. The zero-order valence-electron chi connectivity index (χ0n) is 9.01. The van der Waals surface area contributed by atoms with E-state index in [1.54, 1.807) is 6.07 Å². The lowest BCUT2D eigenvalue weighted by Crippen LogP contribution is -2.04. The lowest BCUT2D eigenvalue weighted by atomic mass is 10.0. The number of phenolic OH excluding ortho intramolecular Hbond substituents is 1. The predicted molar refractivity (Wildman–Crippen MR) is 58.6 cm³/mol. The molecule has 2 N–H and O–H groups in total. The molecule has 1 aromatic rings. The molecule has 0 aromatic heterocycles. The molecule has 0 heterocycles. The van der Waals surface area contributed by atoms with Gasteiger partial charge in [0.15, 0.2) is 5.78 Å². The van der Waals surface area contributed by atoms with Crippen molar-refractivity contribution in [1.82, 2.24) is 0 Å². The Kier molecular flexibility index (Phi) is 4.23. The van der Waals surface area contributed by atoms with E-state index < -0.39 is 11.8 Å². The highest BCUT2D eigenvalue weighted by Crippen LogP contribution is 2.21. The molecule has 1 rings (SSSR count). The number of aliphatic carboxylic acids is 1. The van der Waals surface area contributed by atoms with E-state index in [-0.39, 0.29) is 30.6 Å². The summed E-state index contributed by atoms with van der Waals surface area (Å²) in [6.07, 6.45) is -0.306. The number of nitriles is 1. The third kappa shape index (κ3) is 3.61. The van der Waals surface area contributed by atoms with Crippen molar-refractivity contribution in [2.75, 3.05) is 0 Å². The summed E-state index contributed by atoms with van der Waals surface area (Å²) in [6.45, 7) is 0. The van der Waals surface area contributed by atoms with Crippen LogP contribution in [0.15, 0.2) is 18.2 Å². The van der Waals surface area contributed by atoms with Gasteiger partial charge in [-0.15, -0.1) is 0 Å². The number of carboxylic acids is 1. The number of phenols is 1. The van der Waals surface area contributed by atoms with Crippen LogP contribution in [0.25, 0.3) is 0 Å². The van der Waals surface area contributed by atoms with E-state index in [2.05, 4.69) is 0 Å². The summed E-state index contributed by atoms with van der Waals surface area (Å²) in [4.78, 5) is 22.0. The monoisotopic (exact) mass is 233 g/mol. The van der Waals surface area contributed by atoms with Crippen LogP contribution in [0.4, 0.5) is 0 Å². The number of rotatable bonds is 5. The van der Waals surface area contributed by atoms with Crippen LogP contribution >= 0.6 is 0 Å². The minimum atomic E-state index is -1.06. The van der Waals surface area contributed by atoms with Crippen LogP contribution in [0.3, 0.4) is 0 Å². The maximum Gasteiger partial charge on any atom is 0.303 e. The van der Waals surface area contributed by atoms with E-state index >= 15 is 0 Å². The van der Waals surface area contributed by atoms with Crippen LogP contribution in [0, 0.1) is 11.3 Å². The van der Waals surface area contributed by atoms with Gasteiger partial charge < -0.3 is 10.2 Å². The summed E-state index contributed by atoms with van der Waals surface area (Å²) in [6, 6.07) is 6.23. The van der Waals surface area contributed by atoms with E-state index in [9.17, 15) is 14.7 Å². The fourth-order valence-electron chi connectivity index (χ4n) is 1.36. The molecule has 5 nitrogen and oxygen atoms in total. The van der Waals surface area contributed by atoms with Crippen molar-refractivity contribution in [3.8, 4) is 11.8 Å². The third-order valence-electron chi connectivity index (χ3n) is 2.21. The molecule has 1 aromatic carbocycles. The van der Waals surface area contributed by atoms with Crippen LogP contribution in [0.2, 0.25) is 0 Å². The third-order valence-corrected chi connectivity index (χ3v) is 2.21. The zero-order chi connectivity index (χ0) is 12.8. The molecule has 17 heavy (non-hydrogen) atoms. The van der Waals surface area contributed by atoms with Gasteiger partial charge in [0.25, 0.3) is 0 Å². The fraction of sp³-hybridized carbons (Fsp3) is 0.250. The number of nitrogens with zero attached hydrogens (tertiary/aromatic N) is 1. The van der Waals surface area contributed by atoms with Crippen LogP contribution in [-0.4, -0.2) is 22.0 Å². The molecule has 0 atom stereocenters. The first kappa shape index (κ1) is 12.7. The quantitative estimate of drug-likeness (QED) is 0.751. The van der Waals surface area contributed by atoms with Crippen molar-refractivity contribution in [3.63, 3.8) is 0 Å². The molecule has 0 spiro atoms. The summed E-state index contributed by atoms with van der Waals surface area (Å²) in [5.74, 6) is -1.70. The SMILES string of the molecule is N#CCc1ccc(O)c(C(=O)CCC(=O)O)c1. The number of benzene rings is 1. The minimum absolute atomic E-state index is 0.0685. The highest BCUT2D eigenvalue weighted by Gasteiger charge is 2.13. The number of carbonyl (C=O) groups excluding carboxylic acids is 1. The Morgan fingerprint density at radius 1 is 1.29 bits per heavy atom. The van der Waals surface area contributed by atoms with Gasteiger partial charge in [0.1, 0.15) is 5.75 Å². The Balaban J connectivity index is 2.88. The molecule has 0 bridgehead atoms. The molecular weight excluding hydrogens is 222 g/mol. The average molecular weight is 233 g/mol. The molecule has 0 fully saturated rings. The molecule has 88 valence electrons. The van der Waals surface area contributed by atoms with E-state index in [1.165, 1.54) is 12.1 Å². The second-order valence-electron chi connectivity index (χ2n) is 3.50. The van der Waals surface area contributed by atoms with Gasteiger partial charge in [0, 0.05) is 6.42 Å². The van der Waals surface area contributed by atoms with Gasteiger partial charge in [0.05, 0.1) is 24.5 Å². The molecule has 5 heteroatoms. The molecule has 0 saturated heterocycles. The van der Waals surface area contributed by atoms with Gasteiger partial charge >= 0.3 is 5.97 Å². The highest BCUT2D eigenvalue weighted by molar-refractivity contribution is 5.99. The number of hydrogen-bond donors (Lipinski definition) is 2. The number of ketones is 1. The highest BCUT2D eigenvalue weighted by atomic mass is 16.4. The second kappa shape index (κ2) is 5.66. The smallest absolute Gasteiger partial charge is 0.303 e. The Labute approximate surface area is 97.9 Å². The van der Waals surface area contributed by atoms with Crippen molar-refractivity contribution in [3.05, 3.63) is 29.3 Å². The van der Waals surface area contributed by atoms with Crippen LogP contribution in [-0.2, 0) is 11.2 Å².